The highest BCUT2D eigenvalue weighted by molar-refractivity contribution is 9.10. The van der Waals surface area contributed by atoms with Gasteiger partial charge in [-0.15, -0.1) is 10.2 Å². The molecule has 0 aliphatic heterocycles. The lowest BCUT2D eigenvalue weighted by Crippen LogP contribution is -2.12. The number of nitrogens with one attached hydrogen (secondary N) is 1. The van der Waals surface area contributed by atoms with Gasteiger partial charge in [0, 0.05) is 10.2 Å². The highest BCUT2D eigenvalue weighted by Gasteiger charge is 2.13. The van der Waals surface area contributed by atoms with E-state index in [0.29, 0.717) is 22.0 Å². The molecule has 124 valence electrons. The third-order valence-electron chi connectivity index (χ3n) is 3.23. The van der Waals surface area contributed by atoms with Crippen molar-refractivity contribution < 1.29 is 4.79 Å². The van der Waals surface area contributed by atoms with E-state index in [0.717, 1.165) is 14.4 Å². The zero-order valence-electron chi connectivity index (χ0n) is 12.8. The molecule has 1 amide bonds. The first-order valence-electron chi connectivity index (χ1n) is 7.17. The molecule has 0 unspecified atom stereocenters. The van der Waals surface area contributed by atoms with Gasteiger partial charge in [0.2, 0.25) is 5.13 Å². The van der Waals surface area contributed by atoms with Crippen molar-refractivity contribution in [1.82, 2.24) is 10.2 Å². The van der Waals surface area contributed by atoms with Crippen LogP contribution in [0.2, 0.25) is 0 Å². The number of halogens is 1. The normalized spacial score (nSPS) is 10.2. The summed E-state index contributed by atoms with van der Waals surface area (Å²) in [6, 6.07) is 16.8. The Bertz CT molecular complexity index is 952. The average molecular weight is 431 g/mol. The molecule has 8 heteroatoms. The van der Waals surface area contributed by atoms with Crippen LogP contribution in [0.25, 0.3) is 0 Å². The molecule has 0 aliphatic rings. The maximum atomic E-state index is 12.3. The zero-order valence-corrected chi connectivity index (χ0v) is 16.0. The number of nitriles is 1. The molecule has 0 saturated heterocycles. The third-order valence-corrected chi connectivity index (χ3v) is 5.95. The number of hydrogen-bond donors (Lipinski definition) is 1. The molecule has 0 atom stereocenters. The Hall–Kier alpha value is -2.21. The first-order valence-corrected chi connectivity index (χ1v) is 9.77. The van der Waals surface area contributed by atoms with Gasteiger partial charge in [0.1, 0.15) is 0 Å². The molecule has 25 heavy (non-hydrogen) atoms. The number of hydrogen-bond acceptors (Lipinski definition) is 6. The summed E-state index contributed by atoms with van der Waals surface area (Å²) in [5, 5.41) is 20.4. The molecule has 0 spiro atoms. The van der Waals surface area contributed by atoms with Gasteiger partial charge >= 0.3 is 0 Å². The molecule has 0 bridgehead atoms. The molecule has 1 aromatic heterocycles. The SMILES string of the molecule is N#Cc1ccccc1CSc1nnc(NC(=O)c2ccccc2Br)s1. The third kappa shape index (κ3) is 4.45. The van der Waals surface area contributed by atoms with Crippen molar-refractivity contribution in [3.8, 4) is 6.07 Å². The average Bonchev–Trinajstić information content (AvgIpc) is 3.07. The van der Waals surface area contributed by atoms with Crippen LogP contribution in [0.1, 0.15) is 21.5 Å². The highest BCUT2D eigenvalue weighted by atomic mass is 79.9. The number of thioether (sulfide) groups is 1. The number of aromatic nitrogens is 2. The van der Waals surface area contributed by atoms with Crippen molar-refractivity contribution in [3.05, 3.63) is 69.7 Å². The van der Waals surface area contributed by atoms with Crippen LogP contribution in [-0.2, 0) is 5.75 Å². The number of benzene rings is 2. The Morgan fingerprint density at radius 1 is 1.20 bits per heavy atom. The summed E-state index contributed by atoms with van der Waals surface area (Å²) in [4.78, 5) is 12.3. The van der Waals surface area contributed by atoms with E-state index < -0.39 is 0 Å². The molecule has 2 aromatic carbocycles. The number of rotatable bonds is 5. The minimum Gasteiger partial charge on any atom is -0.296 e. The summed E-state index contributed by atoms with van der Waals surface area (Å²) in [6.07, 6.45) is 0. The van der Waals surface area contributed by atoms with E-state index in [4.69, 9.17) is 5.26 Å². The predicted molar refractivity (Wildman–Crippen MR) is 103 cm³/mol. The van der Waals surface area contributed by atoms with Gasteiger partial charge in [-0.1, -0.05) is 53.4 Å². The summed E-state index contributed by atoms with van der Waals surface area (Å²) in [6.45, 7) is 0. The molecule has 5 nitrogen and oxygen atoms in total. The Morgan fingerprint density at radius 2 is 1.96 bits per heavy atom. The van der Waals surface area contributed by atoms with Crippen molar-refractivity contribution in [3.63, 3.8) is 0 Å². The molecule has 1 N–H and O–H groups in total. The molecule has 0 fully saturated rings. The zero-order chi connectivity index (χ0) is 17.6. The van der Waals surface area contributed by atoms with Crippen LogP contribution < -0.4 is 5.32 Å². The lowest BCUT2D eigenvalue weighted by molar-refractivity contribution is 0.102. The van der Waals surface area contributed by atoms with Gasteiger partial charge in [0.25, 0.3) is 5.91 Å². The van der Waals surface area contributed by atoms with Crippen LogP contribution in [0.3, 0.4) is 0 Å². The van der Waals surface area contributed by atoms with Crippen LogP contribution in [-0.4, -0.2) is 16.1 Å². The lowest BCUT2D eigenvalue weighted by Gasteiger charge is -2.03. The van der Waals surface area contributed by atoms with Gasteiger partial charge in [0.15, 0.2) is 4.34 Å². The maximum absolute atomic E-state index is 12.3. The summed E-state index contributed by atoms with van der Waals surface area (Å²) < 4.78 is 1.45. The Kier molecular flexibility index (Phi) is 5.81. The van der Waals surface area contributed by atoms with Crippen molar-refractivity contribution in [2.24, 2.45) is 0 Å². The molecule has 3 rings (SSSR count). The highest BCUT2D eigenvalue weighted by Crippen LogP contribution is 2.29. The van der Waals surface area contributed by atoms with Gasteiger partial charge in [-0.3, -0.25) is 10.1 Å². The number of carbonyl (C=O) groups is 1. The number of carbonyl (C=O) groups excluding carboxylic acids is 1. The molecule has 0 radical (unpaired) electrons. The van der Waals surface area contributed by atoms with E-state index in [1.54, 1.807) is 18.2 Å². The van der Waals surface area contributed by atoms with E-state index in [-0.39, 0.29) is 5.91 Å². The van der Waals surface area contributed by atoms with Crippen molar-refractivity contribution >= 4 is 50.1 Å². The van der Waals surface area contributed by atoms with E-state index in [2.05, 4.69) is 37.5 Å². The summed E-state index contributed by atoms with van der Waals surface area (Å²) in [5.74, 6) is 0.381. The second kappa shape index (κ2) is 8.25. The molecular weight excluding hydrogens is 420 g/mol. The molecule has 1 heterocycles. The van der Waals surface area contributed by atoms with Gasteiger partial charge in [0.05, 0.1) is 17.2 Å². The fourth-order valence-electron chi connectivity index (χ4n) is 2.02. The van der Waals surface area contributed by atoms with Crippen molar-refractivity contribution in [2.75, 3.05) is 5.32 Å². The second-order valence-corrected chi connectivity index (χ2v) is 7.92. The van der Waals surface area contributed by atoms with E-state index >= 15 is 0 Å². The Balaban J connectivity index is 1.64. The minimum atomic E-state index is -0.241. The van der Waals surface area contributed by atoms with E-state index in [9.17, 15) is 4.79 Å². The smallest absolute Gasteiger partial charge is 0.258 e. The molecule has 0 aliphatic carbocycles. The number of anilines is 1. The van der Waals surface area contributed by atoms with Gasteiger partial charge in [-0.2, -0.15) is 5.26 Å². The summed E-state index contributed by atoms with van der Waals surface area (Å²) in [5.41, 5.74) is 2.14. The van der Waals surface area contributed by atoms with Crippen LogP contribution in [0.15, 0.2) is 57.3 Å². The number of amides is 1. The van der Waals surface area contributed by atoms with Crippen LogP contribution in [0.4, 0.5) is 5.13 Å². The van der Waals surface area contributed by atoms with Crippen LogP contribution in [0.5, 0.6) is 0 Å². The van der Waals surface area contributed by atoms with Gasteiger partial charge < -0.3 is 0 Å². The lowest BCUT2D eigenvalue weighted by atomic mass is 10.1. The minimum absolute atomic E-state index is 0.241. The van der Waals surface area contributed by atoms with Gasteiger partial charge in [-0.25, -0.2) is 0 Å². The molecule has 3 aromatic rings. The fourth-order valence-corrected chi connectivity index (χ4v) is 4.24. The van der Waals surface area contributed by atoms with E-state index in [1.165, 1.54) is 23.1 Å². The summed E-state index contributed by atoms with van der Waals surface area (Å²) >= 11 is 6.14. The standard InChI is InChI=1S/C17H11BrN4OS2/c18-14-8-4-3-7-13(14)15(23)20-16-21-22-17(25-16)24-10-12-6-2-1-5-11(12)9-19/h1-8H,10H2,(H,20,21,23). The van der Waals surface area contributed by atoms with E-state index in [1.807, 2.05) is 30.3 Å². The first-order chi connectivity index (χ1) is 12.2. The van der Waals surface area contributed by atoms with Crippen LogP contribution in [0, 0.1) is 11.3 Å². The Morgan fingerprint density at radius 3 is 2.76 bits per heavy atom. The Labute approximate surface area is 161 Å². The topological polar surface area (TPSA) is 78.7 Å². The largest absolute Gasteiger partial charge is 0.296 e. The predicted octanol–water partition coefficient (Wildman–Crippen LogP) is 4.72. The fraction of sp³-hybridized carbons (Fsp3) is 0.0588. The molecular formula is C17H11BrN4OS2. The maximum Gasteiger partial charge on any atom is 0.258 e. The van der Waals surface area contributed by atoms with Crippen LogP contribution >= 0.6 is 39.0 Å². The number of nitrogens with zero attached hydrogens (tertiary/aromatic N) is 3. The second-order valence-electron chi connectivity index (χ2n) is 4.86. The summed E-state index contributed by atoms with van der Waals surface area (Å²) in [7, 11) is 0. The quantitative estimate of drug-likeness (QED) is 0.467. The van der Waals surface area contributed by atoms with Crippen molar-refractivity contribution in [2.45, 2.75) is 10.1 Å². The van der Waals surface area contributed by atoms with Crippen molar-refractivity contribution in [1.29, 1.82) is 5.26 Å². The monoisotopic (exact) mass is 430 g/mol. The van der Waals surface area contributed by atoms with Gasteiger partial charge in [-0.05, 0) is 39.7 Å². The molecule has 0 saturated carbocycles. The first kappa shape index (κ1) is 17.6.